The molecule has 0 fully saturated rings. The number of carbonyl (C=O) groups is 2. The number of rotatable bonds is 4. The Morgan fingerprint density at radius 3 is 2.29 bits per heavy atom. The van der Waals surface area contributed by atoms with Gasteiger partial charge in [-0.05, 0) is 25.5 Å². The maximum Gasteiger partial charge on any atom is 0.418 e. The molecule has 0 saturated heterocycles. The van der Waals surface area contributed by atoms with E-state index in [1.54, 1.807) is 0 Å². The van der Waals surface area contributed by atoms with Gasteiger partial charge in [0.25, 0.3) is 0 Å². The molecule has 1 atom stereocenters. The van der Waals surface area contributed by atoms with Crippen molar-refractivity contribution in [3.8, 4) is 0 Å². The van der Waals surface area contributed by atoms with E-state index in [0.717, 1.165) is 12.1 Å². The van der Waals surface area contributed by atoms with Crippen molar-refractivity contribution in [3.05, 3.63) is 29.8 Å². The molecule has 0 aliphatic heterocycles. The Bertz CT molecular complexity index is 546. The minimum absolute atomic E-state index is 0.0800. The van der Waals surface area contributed by atoms with Crippen LogP contribution in [-0.2, 0) is 11.0 Å². The van der Waals surface area contributed by atoms with Crippen molar-refractivity contribution in [3.63, 3.8) is 0 Å². The van der Waals surface area contributed by atoms with Crippen LogP contribution >= 0.6 is 0 Å². The average Bonchev–Trinajstić information content (AvgIpc) is 2.37. The molecule has 0 spiro atoms. The molecular weight excluding hydrogens is 289 g/mol. The summed E-state index contributed by atoms with van der Waals surface area (Å²) in [6.07, 6.45) is -4.54. The van der Waals surface area contributed by atoms with Crippen LogP contribution in [0, 0.1) is 0 Å². The van der Waals surface area contributed by atoms with E-state index in [2.05, 4.69) is 5.32 Å². The van der Waals surface area contributed by atoms with Gasteiger partial charge < -0.3 is 15.7 Å². The number of hydrogen-bond donors (Lipinski definition) is 3. The molecule has 0 aromatic heterocycles. The Balaban J connectivity index is 2.93. The number of amides is 2. The summed E-state index contributed by atoms with van der Waals surface area (Å²) in [7, 11) is 0. The first kappa shape index (κ1) is 16.8. The zero-order valence-electron chi connectivity index (χ0n) is 11.4. The Morgan fingerprint density at radius 2 is 1.81 bits per heavy atom. The largest absolute Gasteiger partial charge is 0.480 e. The summed E-state index contributed by atoms with van der Waals surface area (Å²) in [6.45, 7) is 2.81. The topological polar surface area (TPSA) is 78.4 Å². The number of anilines is 1. The average molecular weight is 304 g/mol. The highest BCUT2D eigenvalue weighted by Crippen LogP contribution is 2.34. The van der Waals surface area contributed by atoms with Crippen molar-refractivity contribution in [2.24, 2.45) is 0 Å². The van der Waals surface area contributed by atoms with Crippen molar-refractivity contribution in [1.29, 1.82) is 0 Å². The van der Waals surface area contributed by atoms with Crippen LogP contribution in [0.3, 0.4) is 0 Å². The number of nitrogens with one attached hydrogen (secondary N) is 2. The number of aliphatic carboxylic acids is 1. The van der Waals surface area contributed by atoms with Crippen LogP contribution in [-0.4, -0.2) is 22.6 Å². The number of urea groups is 1. The zero-order valence-corrected chi connectivity index (χ0v) is 11.4. The fraction of sp³-hybridized carbons (Fsp3) is 0.385. The van der Waals surface area contributed by atoms with E-state index >= 15 is 0 Å². The fourth-order valence-electron chi connectivity index (χ4n) is 1.54. The van der Waals surface area contributed by atoms with Crippen molar-refractivity contribution in [2.75, 3.05) is 5.32 Å². The van der Waals surface area contributed by atoms with Crippen molar-refractivity contribution < 1.29 is 27.9 Å². The van der Waals surface area contributed by atoms with E-state index in [9.17, 15) is 22.8 Å². The molecule has 1 aromatic rings. The summed E-state index contributed by atoms with van der Waals surface area (Å²) in [5, 5.41) is 13.2. The van der Waals surface area contributed by atoms with E-state index in [0.29, 0.717) is 0 Å². The number of hydrogen-bond acceptors (Lipinski definition) is 2. The lowest BCUT2D eigenvalue weighted by molar-refractivity contribution is -0.143. The van der Waals surface area contributed by atoms with Gasteiger partial charge in [0, 0.05) is 0 Å². The van der Waals surface area contributed by atoms with Crippen LogP contribution < -0.4 is 10.6 Å². The van der Waals surface area contributed by atoms with Crippen LogP contribution in [0.25, 0.3) is 0 Å². The van der Waals surface area contributed by atoms with E-state index in [1.165, 1.54) is 26.0 Å². The van der Waals surface area contributed by atoms with Gasteiger partial charge >= 0.3 is 18.2 Å². The molecule has 0 heterocycles. The van der Waals surface area contributed by atoms with Gasteiger partial charge in [-0.1, -0.05) is 19.1 Å². The molecule has 0 saturated carbocycles. The summed E-state index contributed by atoms with van der Waals surface area (Å²) < 4.78 is 38.3. The van der Waals surface area contributed by atoms with Crippen LogP contribution in [0.2, 0.25) is 0 Å². The van der Waals surface area contributed by atoms with Crippen LogP contribution in [0.1, 0.15) is 25.8 Å². The molecule has 8 heteroatoms. The van der Waals surface area contributed by atoms with Crippen molar-refractivity contribution in [1.82, 2.24) is 5.32 Å². The van der Waals surface area contributed by atoms with Gasteiger partial charge in [-0.2, -0.15) is 13.2 Å². The SMILES string of the molecule is CCC(C)(NC(=O)Nc1ccccc1C(F)(F)F)C(=O)O. The lowest BCUT2D eigenvalue weighted by atomic mass is 10.00. The second kappa shape index (κ2) is 6.02. The summed E-state index contributed by atoms with van der Waals surface area (Å²) in [6, 6.07) is 3.43. The summed E-state index contributed by atoms with van der Waals surface area (Å²) in [5.74, 6) is -1.27. The quantitative estimate of drug-likeness (QED) is 0.800. The van der Waals surface area contributed by atoms with Crippen LogP contribution in [0.5, 0.6) is 0 Å². The van der Waals surface area contributed by atoms with Gasteiger partial charge in [0.15, 0.2) is 0 Å². The summed E-state index contributed by atoms with van der Waals surface area (Å²) in [4.78, 5) is 22.8. The van der Waals surface area contributed by atoms with Crippen LogP contribution in [0.15, 0.2) is 24.3 Å². The third-order valence-corrected chi connectivity index (χ3v) is 3.05. The fourth-order valence-corrected chi connectivity index (χ4v) is 1.54. The second-order valence-corrected chi connectivity index (χ2v) is 4.61. The Morgan fingerprint density at radius 1 is 1.24 bits per heavy atom. The summed E-state index contributed by atoms with van der Waals surface area (Å²) >= 11 is 0. The first-order valence-corrected chi connectivity index (χ1v) is 6.09. The number of carboxylic acid groups (broad SMARTS) is 1. The molecular formula is C13H15F3N2O3. The Hall–Kier alpha value is -2.25. The standard InChI is InChI=1S/C13H15F3N2O3/c1-3-12(2,10(19)20)18-11(21)17-9-7-5-4-6-8(9)13(14,15)16/h4-7H,3H2,1-2H3,(H,19,20)(H2,17,18,21). The lowest BCUT2D eigenvalue weighted by Crippen LogP contribution is -2.53. The first-order valence-electron chi connectivity index (χ1n) is 6.09. The van der Waals surface area contributed by atoms with E-state index in [1.807, 2.05) is 5.32 Å². The molecule has 0 aliphatic rings. The van der Waals surface area contributed by atoms with Gasteiger partial charge in [0.2, 0.25) is 0 Å². The molecule has 0 radical (unpaired) electrons. The van der Waals surface area contributed by atoms with E-state index in [-0.39, 0.29) is 6.42 Å². The molecule has 1 rings (SSSR count). The first-order chi connectivity index (χ1) is 9.60. The molecule has 116 valence electrons. The van der Waals surface area contributed by atoms with Gasteiger partial charge in [-0.15, -0.1) is 0 Å². The van der Waals surface area contributed by atoms with E-state index in [4.69, 9.17) is 5.11 Å². The summed E-state index contributed by atoms with van der Waals surface area (Å²) in [5.41, 5.74) is -3.00. The number of halogens is 3. The lowest BCUT2D eigenvalue weighted by Gasteiger charge is -2.25. The molecule has 1 unspecified atom stereocenters. The van der Waals surface area contributed by atoms with Gasteiger partial charge in [-0.3, -0.25) is 0 Å². The highest BCUT2D eigenvalue weighted by Gasteiger charge is 2.35. The Labute approximate surface area is 119 Å². The minimum atomic E-state index is -4.62. The number of alkyl halides is 3. The second-order valence-electron chi connectivity index (χ2n) is 4.61. The molecule has 0 aliphatic carbocycles. The van der Waals surface area contributed by atoms with Gasteiger partial charge in [0.05, 0.1) is 11.3 Å². The monoisotopic (exact) mass is 304 g/mol. The predicted octanol–water partition coefficient (Wildman–Crippen LogP) is 3.08. The molecule has 21 heavy (non-hydrogen) atoms. The maximum atomic E-state index is 12.8. The zero-order chi connectivity index (χ0) is 16.3. The molecule has 0 bridgehead atoms. The number of carboxylic acids is 1. The Kier molecular flexibility index (Phi) is 4.82. The normalized spacial score (nSPS) is 14.1. The third-order valence-electron chi connectivity index (χ3n) is 3.05. The van der Waals surface area contributed by atoms with Crippen molar-refractivity contribution >= 4 is 17.7 Å². The number of carbonyl (C=O) groups excluding carboxylic acids is 1. The highest BCUT2D eigenvalue weighted by atomic mass is 19.4. The third kappa shape index (κ3) is 4.11. The van der Waals surface area contributed by atoms with Gasteiger partial charge in [-0.25, -0.2) is 9.59 Å². The molecule has 2 amide bonds. The highest BCUT2D eigenvalue weighted by molar-refractivity contribution is 5.94. The number of para-hydroxylation sites is 1. The predicted molar refractivity (Wildman–Crippen MR) is 69.9 cm³/mol. The number of benzene rings is 1. The van der Waals surface area contributed by atoms with Crippen molar-refractivity contribution in [2.45, 2.75) is 32.0 Å². The maximum absolute atomic E-state index is 12.8. The molecule has 1 aromatic carbocycles. The van der Waals surface area contributed by atoms with Crippen LogP contribution in [0.4, 0.5) is 23.7 Å². The molecule has 3 N–H and O–H groups in total. The molecule has 5 nitrogen and oxygen atoms in total. The van der Waals surface area contributed by atoms with Gasteiger partial charge in [0.1, 0.15) is 5.54 Å². The smallest absolute Gasteiger partial charge is 0.418 e. The minimum Gasteiger partial charge on any atom is -0.480 e. The van der Waals surface area contributed by atoms with E-state index < -0.39 is 35.0 Å².